The zero-order valence-corrected chi connectivity index (χ0v) is 16.2. The number of hydrogen-bond acceptors (Lipinski definition) is 6. The largest absolute Gasteiger partial charge is 0.418 e. The molecule has 0 unspecified atom stereocenters. The molecule has 0 aliphatic carbocycles. The van der Waals surface area contributed by atoms with Gasteiger partial charge in [0.15, 0.2) is 0 Å². The van der Waals surface area contributed by atoms with Crippen molar-refractivity contribution in [3.63, 3.8) is 0 Å². The summed E-state index contributed by atoms with van der Waals surface area (Å²) in [7, 11) is 0. The van der Waals surface area contributed by atoms with E-state index in [9.17, 15) is 28.1 Å². The molecule has 1 saturated heterocycles. The lowest BCUT2D eigenvalue weighted by Gasteiger charge is -2.35. The first kappa shape index (κ1) is 22.0. The van der Waals surface area contributed by atoms with E-state index in [0.29, 0.717) is 31.9 Å². The molecule has 11 heteroatoms. The van der Waals surface area contributed by atoms with E-state index in [-0.39, 0.29) is 23.5 Å². The van der Waals surface area contributed by atoms with Gasteiger partial charge in [0.25, 0.3) is 5.69 Å². The van der Waals surface area contributed by atoms with E-state index in [1.807, 2.05) is 6.07 Å². The highest BCUT2D eigenvalue weighted by atomic mass is 19.4. The Morgan fingerprint density at radius 3 is 2.45 bits per heavy atom. The maximum atomic E-state index is 13.1. The Balaban J connectivity index is 1.61. The Morgan fingerprint density at radius 1 is 1.16 bits per heavy atom. The number of rotatable bonds is 5. The summed E-state index contributed by atoms with van der Waals surface area (Å²) in [5, 5.41) is 22.6. The second-order valence-electron chi connectivity index (χ2n) is 6.93. The van der Waals surface area contributed by atoms with Crippen LogP contribution in [0.5, 0.6) is 0 Å². The average molecular weight is 433 g/mol. The molecule has 162 valence electrons. The number of carbonyl (C=O) groups excluding carboxylic acids is 1. The lowest BCUT2D eigenvalue weighted by atomic mass is 10.1. The predicted molar refractivity (Wildman–Crippen MR) is 107 cm³/mol. The maximum Gasteiger partial charge on any atom is 0.418 e. The third kappa shape index (κ3) is 5.29. The van der Waals surface area contributed by atoms with Crippen LogP contribution in [0.15, 0.2) is 42.5 Å². The molecule has 8 nitrogen and oxygen atoms in total. The van der Waals surface area contributed by atoms with E-state index in [1.54, 1.807) is 9.80 Å². The molecule has 0 spiro atoms. The first-order valence-corrected chi connectivity index (χ1v) is 9.31. The Labute approximate surface area is 175 Å². The number of halogens is 3. The number of nitrogens with one attached hydrogen (secondary N) is 1. The number of amides is 1. The van der Waals surface area contributed by atoms with Crippen LogP contribution in [-0.2, 0) is 11.0 Å². The van der Waals surface area contributed by atoms with Crippen LogP contribution in [-0.4, -0.2) is 48.5 Å². The van der Waals surface area contributed by atoms with Crippen LogP contribution in [0.4, 0.5) is 30.2 Å². The average Bonchev–Trinajstić information content (AvgIpc) is 2.73. The molecule has 0 radical (unpaired) electrons. The number of alkyl halides is 3. The van der Waals surface area contributed by atoms with Gasteiger partial charge in [-0.2, -0.15) is 18.4 Å². The van der Waals surface area contributed by atoms with Crippen molar-refractivity contribution in [1.29, 1.82) is 5.26 Å². The van der Waals surface area contributed by atoms with Gasteiger partial charge in [-0.05, 0) is 24.3 Å². The summed E-state index contributed by atoms with van der Waals surface area (Å²) in [4.78, 5) is 26.6. The van der Waals surface area contributed by atoms with Crippen LogP contribution in [0.2, 0.25) is 0 Å². The molecule has 0 atom stereocenters. The van der Waals surface area contributed by atoms with Crippen molar-refractivity contribution in [2.45, 2.75) is 6.18 Å². The third-order valence-corrected chi connectivity index (χ3v) is 4.89. The zero-order chi connectivity index (χ0) is 22.6. The van der Waals surface area contributed by atoms with Crippen LogP contribution < -0.4 is 10.2 Å². The van der Waals surface area contributed by atoms with Gasteiger partial charge in [0.05, 0.1) is 34.4 Å². The highest BCUT2D eigenvalue weighted by Crippen LogP contribution is 2.34. The highest BCUT2D eigenvalue weighted by molar-refractivity contribution is 5.93. The van der Waals surface area contributed by atoms with Gasteiger partial charge in [-0.3, -0.25) is 19.8 Å². The van der Waals surface area contributed by atoms with Gasteiger partial charge >= 0.3 is 6.18 Å². The SMILES string of the molecule is N#Cc1ccc(N2CCN(CC(=O)Nc3ccccc3C(F)(F)F)CC2)c([N+](=O)[O-])c1. The predicted octanol–water partition coefficient (Wildman–Crippen LogP) is 3.25. The van der Waals surface area contributed by atoms with Crippen LogP contribution in [0.3, 0.4) is 0 Å². The minimum Gasteiger partial charge on any atom is -0.363 e. The Bertz CT molecular complexity index is 1030. The van der Waals surface area contributed by atoms with Gasteiger partial charge < -0.3 is 10.2 Å². The normalized spacial score (nSPS) is 14.7. The summed E-state index contributed by atoms with van der Waals surface area (Å²) in [5.41, 5.74) is -0.820. The first-order chi connectivity index (χ1) is 14.7. The summed E-state index contributed by atoms with van der Waals surface area (Å²) in [6.07, 6.45) is -4.58. The monoisotopic (exact) mass is 433 g/mol. The zero-order valence-electron chi connectivity index (χ0n) is 16.2. The second kappa shape index (κ2) is 9.01. The molecule has 1 heterocycles. The molecule has 1 fully saturated rings. The number of benzene rings is 2. The molecule has 31 heavy (non-hydrogen) atoms. The third-order valence-electron chi connectivity index (χ3n) is 4.89. The Morgan fingerprint density at radius 2 is 1.84 bits per heavy atom. The van der Waals surface area contributed by atoms with Crippen LogP contribution >= 0.6 is 0 Å². The Kier molecular flexibility index (Phi) is 6.41. The second-order valence-corrected chi connectivity index (χ2v) is 6.93. The fourth-order valence-electron chi connectivity index (χ4n) is 3.39. The molecular formula is C20H18F3N5O3. The van der Waals surface area contributed by atoms with Crippen molar-refractivity contribution in [2.75, 3.05) is 42.9 Å². The van der Waals surface area contributed by atoms with Crippen molar-refractivity contribution < 1.29 is 22.9 Å². The molecule has 1 N–H and O–H groups in total. The summed E-state index contributed by atoms with van der Waals surface area (Å²) in [6.45, 7) is 1.46. The smallest absolute Gasteiger partial charge is 0.363 e. The van der Waals surface area contributed by atoms with Crippen molar-refractivity contribution in [2.24, 2.45) is 0 Å². The van der Waals surface area contributed by atoms with Crippen LogP contribution in [0.25, 0.3) is 0 Å². The minimum atomic E-state index is -4.58. The Hall–Kier alpha value is -3.65. The van der Waals surface area contributed by atoms with Crippen LogP contribution in [0.1, 0.15) is 11.1 Å². The van der Waals surface area contributed by atoms with E-state index in [1.165, 1.54) is 36.4 Å². The number of piperazine rings is 1. The van der Waals surface area contributed by atoms with Gasteiger partial charge in [-0.1, -0.05) is 12.1 Å². The topological polar surface area (TPSA) is 103 Å². The number of para-hydroxylation sites is 1. The molecule has 2 aromatic carbocycles. The molecule has 1 aliphatic heterocycles. The van der Waals surface area contributed by atoms with Crippen molar-refractivity contribution in [1.82, 2.24) is 4.90 Å². The van der Waals surface area contributed by atoms with Crippen molar-refractivity contribution in [3.05, 3.63) is 63.7 Å². The molecule has 0 aromatic heterocycles. The lowest BCUT2D eigenvalue weighted by molar-refractivity contribution is -0.384. The molecule has 1 aliphatic rings. The van der Waals surface area contributed by atoms with Crippen molar-refractivity contribution in [3.8, 4) is 6.07 Å². The lowest BCUT2D eigenvalue weighted by Crippen LogP contribution is -2.48. The van der Waals surface area contributed by atoms with Gasteiger partial charge in [0.2, 0.25) is 5.91 Å². The number of nitrogens with zero attached hydrogens (tertiary/aromatic N) is 4. The molecule has 3 rings (SSSR count). The summed E-state index contributed by atoms with van der Waals surface area (Å²) in [6, 6.07) is 10.9. The van der Waals surface area contributed by atoms with E-state index in [0.717, 1.165) is 6.07 Å². The first-order valence-electron chi connectivity index (χ1n) is 9.31. The quantitative estimate of drug-likeness (QED) is 0.574. The van der Waals surface area contributed by atoms with E-state index < -0.39 is 22.6 Å². The summed E-state index contributed by atoms with van der Waals surface area (Å²) >= 11 is 0. The summed E-state index contributed by atoms with van der Waals surface area (Å²) < 4.78 is 39.2. The molecule has 0 saturated carbocycles. The fourth-order valence-corrected chi connectivity index (χ4v) is 3.39. The number of carbonyl (C=O) groups is 1. The van der Waals surface area contributed by atoms with E-state index >= 15 is 0 Å². The molecule has 2 aromatic rings. The standard InChI is InChI=1S/C20H18F3N5O3/c21-20(22,23)15-3-1-2-4-16(15)25-19(29)13-26-7-9-27(10-8-26)17-6-5-14(12-24)11-18(17)28(30)31/h1-6,11H,7-10,13H2,(H,25,29). The number of hydrogen-bond donors (Lipinski definition) is 1. The van der Waals surface area contributed by atoms with Crippen molar-refractivity contribution >= 4 is 23.0 Å². The van der Waals surface area contributed by atoms with Crippen LogP contribution in [0, 0.1) is 21.4 Å². The number of nitro groups is 1. The summed E-state index contributed by atoms with van der Waals surface area (Å²) in [5.74, 6) is -0.575. The molecule has 0 bridgehead atoms. The number of nitro benzene ring substituents is 1. The molecule has 1 amide bonds. The fraction of sp³-hybridized carbons (Fsp3) is 0.300. The van der Waals surface area contributed by atoms with Gasteiger partial charge in [-0.25, -0.2) is 0 Å². The minimum absolute atomic E-state index is 0.102. The highest BCUT2D eigenvalue weighted by Gasteiger charge is 2.33. The van der Waals surface area contributed by atoms with Gasteiger partial charge in [0.1, 0.15) is 5.69 Å². The maximum absolute atomic E-state index is 13.1. The van der Waals surface area contributed by atoms with E-state index in [2.05, 4.69) is 5.32 Å². The molecular weight excluding hydrogens is 415 g/mol. The number of nitriles is 1. The van der Waals surface area contributed by atoms with Gasteiger partial charge in [-0.15, -0.1) is 0 Å². The number of anilines is 2. The van der Waals surface area contributed by atoms with Gasteiger partial charge in [0, 0.05) is 32.2 Å². The van der Waals surface area contributed by atoms with E-state index in [4.69, 9.17) is 5.26 Å².